The highest BCUT2D eigenvalue weighted by Crippen LogP contribution is 2.20. The van der Waals surface area contributed by atoms with Crippen molar-refractivity contribution in [1.29, 1.82) is 0 Å². The standard InChI is InChI=1S/C33H45N5O12/c1-22(39)6-3-7-26(41)34-16-18-37(29(44)10-5-11-32(47)50-38-30(45)14-15-31(38)46)19-17-35-27(42)8-4-9-28(43)36-21-23-12-13-24(25(40)20-23)33(48)49-2/h12-15,20,40,45-46H,3-11,16-19,21H2,1-2H3,(H,34,41)(H,35,42)(H,36,43). The van der Waals surface area contributed by atoms with Crippen LogP contribution < -0.4 is 20.8 Å². The summed E-state index contributed by atoms with van der Waals surface area (Å²) >= 11 is 0. The molecule has 0 unspecified atom stereocenters. The number of Topliss-reactive ketones (excluding diaryl/α,β-unsaturated/α-hetero) is 1. The summed E-state index contributed by atoms with van der Waals surface area (Å²) in [6.45, 7) is 1.97. The lowest BCUT2D eigenvalue weighted by Crippen LogP contribution is -2.42. The number of aromatic nitrogens is 1. The van der Waals surface area contributed by atoms with Gasteiger partial charge in [0.25, 0.3) is 0 Å². The number of hydrogen-bond donors (Lipinski definition) is 6. The molecule has 2 rings (SSSR count). The van der Waals surface area contributed by atoms with Gasteiger partial charge in [0.2, 0.25) is 35.4 Å². The van der Waals surface area contributed by atoms with E-state index in [1.807, 2.05) is 0 Å². The van der Waals surface area contributed by atoms with Crippen molar-refractivity contribution < 1.29 is 58.5 Å². The van der Waals surface area contributed by atoms with Crippen molar-refractivity contribution in [2.24, 2.45) is 0 Å². The fourth-order valence-corrected chi connectivity index (χ4v) is 4.55. The first-order valence-electron chi connectivity index (χ1n) is 16.1. The molecule has 1 aromatic heterocycles. The van der Waals surface area contributed by atoms with Gasteiger partial charge in [-0.25, -0.2) is 9.59 Å². The third-order valence-electron chi connectivity index (χ3n) is 7.22. The molecule has 274 valence electrons. The summed E-state index contributed by atoms with van der Waals surface area (Å²) in [7, 11) is 1.19. The molecule has 0 saturated heterocycles. The first kappa shape index (κ1) is 40.6. The number of amides is 4. The molecule has 0 radical (unpaired) electrons. The van der Waals surface area contributed by atoms with Gasteiger partial charge in [-0.05, 0) is 43.9 Å². The second-order valence-corrected chi connectivity index (χ2v) is 11.3. The highest BCUT2D eigenvalue weighted by molar-refractivity contribution is 5.92. The molecule has 0 bridgehead atoms. The molecular weight excluding hydrogens is 658 g/mol. The van der Waals surface area contributed by atoms with Gasteiger partial charge in [0.15, 0.2) is 0 Å². The summed E-state index contributed by atoms with van der Waals surface area (Å²) in [5.41, 5.74) is 0.562. The number of rotatable bonds is 22. The smallest absolute Gasteiger partial charge is 0.341 e. The van der Waals surface area contributed by atoms with Gasteiger partial charge >= 0.3 is 11.9 Å². The van der Waals surface area contributed by atoms with Crippen LogP contribution >= 0.6 is 0 Å². The van der Waals surface area contributed by atoms with Crippen molar-refractivity contribution in [2.75, 3.05) is 33.3 Å². The topological polar surface area (TPSA) is 243 Å². The minimum absolute atomic E-state index is 0.00127. The zero-order valence-corrected chi connectivity index (χ0v) is 28.2. The molecule has 0 saturated carbocycles. The van der Waals surface area contributed by atoms with E-state index in [0.717, 1.165) is 12.1 Å². The van der Waals surface area contributed by atoms with E-state index >= 15 is 0 Å². The van der Waals surface area contributed by atoms with Gasteiger partial charge in [0.05, 0.1) is 7.11 Å². The lowest BCUT2D eigenvalue weighted by molar-refractivity contribution is -0.145. The Kier molecular flexibility index (Phi) is 17.3. The number of carbonyl (C=O) groups is 7. The molecular formula is C33H45N5O12. The Labute approximate surface area is 288 Å². The maximum atomic E-state index is 13.0. The lowest BCUT2D eigenvalue weighted by atomic mass is 10.1. The van der Waals surface area contributed by atoms with Crippen LogP contribution in [0.25, 0.3) is 0 Å². The number of carbonyl (C=O) groups excluding carboxylic acids is 7. The van der Waals surface area contributed by atoms with Crippen LogP contribution in [0.1, 0.15) is 80.6 Å². The number of phenols is 1. The van der Waals surface area contributed by atoms with E-state index < -0.39 is 23.7 Å². The Bertz CT molecular complexity index is 1490. The molecule has 2 aromatic rings. The van der Waals surface area contributed by atoms with Crippen LogP contribution in [0.5, 0.6) is 17.5 Å². The average molecular weight is 704 g/mol. The van der Waals surface area contributed by atoms with Crippen molar-refractivity contribution in [3.63, 3.8) is 0 Å². The molecule has 6 N–H and O–H groups in total. The van der Waals surface area contributed by atoms with Gasteiger partial charge in [-0.1, -0.05) is 6.07 Å². The normalized spacial score (nSPS) is 10.5. The predicted octanol–water partition coefficient (Wildman–Crippen LogP) is 0.824. The quantitative estimate of drug-likeness (QED) is 0.0935. The van der Waals surface area contributed by atoms with E-state index in [1.54, 1.807) is 6.07 Å². The van der Waals surface area contributed by atoms with Gasteiger partial charge < -0.3 is 50.5 Å². The van der Waals surface area contributed by atoms with Crippen LogP contribution in [0.2, 0.25) is 0 Å². The molecule has 0 atom stereocenters. The van der Waals surface area contributed by atoms with Crippen molar-refractivity contribution >= 4 is 41.4 Å². The number of nitrogens with zero attached hydrogens (tertiary/aromatic N) is 2. The van der Waals surface area contributed by atoms with Crippen molar-refractivity contribution in [3.05, 3.63) is 41.5 Å². The van der Waals surface area contributed by atoms with Crippen LogP contribution in [0.4, 0.5) is 0 Å². The highest BCUT2D eigenvalue weighted by atomic mass is 16.7. The Morgan fingerprint density at radius 3 is 1.80 bits per heavy atom. The molecule has 0 spiro atoms. The van der Waals surface area contributed by atoms with Crippen molar-refractivity contribution in [1.82, 2.24) is 25.6 Å². The number of esters is 1. The Hall–Kier alpha value is -5.61. The summed E-state index contributed by atoms with van der Waals surface area (Å²) in [6, 6.07) is 6.56. The molecule has 0 aliphatic rings. The number of nitrogens with one attached hydrogen (secondary N) is 3. The maximum Gasteiger partial charge on any atom is 0.341 e. The minimum Gasteiger partial charge on any atom is -0.507 e. The third kappa shape index (κ3) is 15.1. The number of methoxy groups -OCH3 is 1. The van der Waals surface area contributed by atoms with Crippen LogP contribution in [0.3, 0.4) is 0 Å². The van der Waals surface area contributed by atoms with E-state index in [1.165, 1.54) is 31.1 Å². The van der Waals surface area contributed by atoms with E-state index in [9.17, 15) is 48.9 Å². The predicted molar refractivity (Wildman–Crippen MR) is 175 cm³/mol. The lowest BCUT2D eigenvalue weighted by Gasteiger charge is -2.23. The van der Waals surface area contributed by atoms with Gasteiger partial charge in [-0.3, -0.25) is 19.2 Å². The Morgan fingerprint density at radius 1 is 0.720 bits per heavy atom. The maximum absolute atomic E-state index is 13.0. The van der Waals surface area contributed by atoms with E-state index in [2.05, 4.69) is 20.7 Å². The third-order valence-corrected chi connectivity index (χ3v) is 7.22. The first-order chi connectivity index (χ1) is 23.8. The second-order valence-electron chi connectivity index (χ2n) is 11.3. The molecule has 50 heavy (non-hydrogen) atoms. The van der Waals surface area contributed by atoms with Crippen LogP contribution in [-0.2, 0) is 40.0 Å². The monoisotopic (exact) mass is 703 g/mol. The zero-order chi connectivity index (χ0) is 37.1. The largest absolute Gasteiger partial charge is 0.507 e. The van der Waals surface area contributed by atoms with Gasteiger partial charge in [-0.2, -0.15) is 0 Å². The summed E-state index contributed by atoms with van der Waals surface area (Å²) in [5, 5.41) is 37.3. The number of ketones is 1. The molecule has 17 nitrogen and oxygen atoms in total. The molecule has 4 amide bonds. The van der Waals surface area contributed by atoms with Crippen molar-refractivity contribution in [2.45, 2.75) is 71.3 Å². The van der Waals surface area contributed by atoms with E-state index in [4.69, 9.17) is 4.84 Å². The molecule has 1 aromatic carbocycles. The van der Waals surface area contributed by atoms with Crippen LogP contribution in [0, 0.1) is 0 Å². The molecule has 0 aliphatic carbocycles. The van der Waals surface area contributed by atoms with Crippen LogP contribution in [0.15, 0.2) is 30.3 Å². The summed E-state index contributed by atoms with van der Waals surface area (Å²) in [6.07, 6.45) is 1.02. The number of aromatic hydroxyl groups is 3. The van der Waals surface area contributed by atoms with Crippen molar-refractivity contribution in [3.8, 4) is 17.5 Å². The average Bonchev–Trinajstić information content (AvgIpc) is 3.38. The van der Waals surface area contributed by atoms with E-state index in [0.29, 0.717) is 16.7 Å². The van der Waals surface area contributed by atoms with Gasteiger partial charge in [0, 0.05) is 83.4 Å². The molecule has 0 aliphatic heterocycles. The summed E-state index contributed by atoms with van der Waals surface area (Å²) in [5.74, 6) is -4.02. The Morgan fingerprint density at radius 2 is 1.26 bits per heavy atom. The molecule has 1 heterocycles. The minimum atomic E-state index is -0.793. The fourth-order valence-electron chi connectivity index (χ4n) is 4.55. The second kappa shape index (κ2) is 21.4. The number of ether oxygens (including phenoxy) is 1. The molecule has 0 fully saturated rings. The SMILES string of the molecule is COC(=O)c1ccc(CNC(=O)CCCC(=O)NCCN(CCNC(=O)CCCC(C)=O)C(=O)CCCC(=O)On2c(O)ccc2O)cc1O. The molecule has 17 heteroatoms. The number of hydrogen-bond acceptors (Lipinski definition) is 12. The van der Waals surface area contributed by atoms with Gasteiger partial charge in [0.1, 0.15) is 17.1 Å². The van der Waals surface area contributed by atoms with E-state index in [-0.39, 0.29) is 125 Å². The highest BCUT2D eigenvalue weighted by Gasteiger charge is 2.17. The zero-order valence-electron chi connectivity index (χ0n) is 28.2. The van der Waals surface area contributed by atoms with Gasteiger partial charge in [-0.15, -0.1) is 4.73 Å². The first-order valence-corrected chi connectivity index (χ1v) is 16.1. The number of benzene rings is 1. The Balaban J connectivity index is 1.77. The van der Waals surface area contributed by atoms with Crippen LogP contribution in [-0.4, -0.2) is 99.6 Å². The fraction of sp³-hybridized carbons (Fsp3) is 0.485. The summed E-state index contributed by atoms with van der Waals surface area (Å²) < 4.78 is 5.13. The number of phenolic OH excluding ortho intramolecular Hbond substituents is 1. The summed E-state index contributed by atoms with van der Waals surface area (Å²) in [4.78, 5) is 90.8.